The summed E-state index contributed by atoms with van der Waals surface area (Å²) < 4.78 is 24.2. The van der Waals surface area contributed by atoms with Crippen LogP contribution in [0.3, 0.4) is 0 Å². The lowest BCUT2D eigenvalue weighted by Crippen LogP contribution is -2.21. The van der Waals surface area contributed by atoms with Crippen molar-refractivity contribution >= 4 is 0 Å². The van der Waals surface area contributed by atoms with Crippen molar-refractivity contribution in [3.05, 3.63) is 35.8 Å². The molecule has 0 fully saturated rings. The van der Waals surface area contributed by atoms with Crippen molar-refractivity contribution in [3.63, 3.8) is 0 Å². The third-order valence-corrected chi connectivity index (χ3v) is 2.69. The van der Waals surface area contributed by atoms with Crippen LogP contribution in [0.5, 0.6) is 5.75 Å². The molecule has 0 unspecified atom stereocenters. The summed E-state index contributed by atoms with van der Waals surface area (Å²) in [5, 5.41) is 7.14. The highest BCUT2D eigenvalue weighted by atomic mass is 19.1. The summed E-state index contributed by atoms with van der Waals surface area (Å²) in [6, 6.07) is 6.72. The molecule has 0 atom stereocenters. The Bertz CT molecular complexity index is 552. The van der Waals surface area contributed by atoms with Crippen molar-refractivity contribution in [3.8, 4) is 17.1 Å². The number of hydrogen-bond acceptors (Lipinski definition) is 4. The molecule has 102 valence electrons. The number of aromatic nitrogens is 1. The second-order valence-electron chi connectivity index (χ2n) is 4.54. The van der Waals surface area contributed by atoms with Crippen molar-refractivity contribution in [2.45, 2.75) is 26.4 Å². The highest BCUT2D eigenvalue weighted by Gasteiger charge is 2.16. The third kappa shape index (κ3) is 3.12. The van der Waals surface area contributed by atoms with Gasteiger partial charge in [0.1, 0.15) is 11.6 Å². The van der Waals surface area contributed by atoms with Crippen molar-refractivity contribution in [2.24, 2.45) is 0 Å². The number of hydrogen-bond donors (Lipinski definition) is 1. The molecule has 1 aromatic heterocycles. The molecular formula is C14H17FN2O2. The van der Waals surface area contributed by atoms with E-state index in [0.29, 0.717) is 29.7 Å². The summed E-state index contributed by atoms with van der Waals surface area (Å²) in [6.45, 7) is 4.67. The zero-order valence-electron chi connectivity index (χ0n) is 11.2. The first-order valence-corrected chi connectivity index (χ1v) is 6.13. The molecule has 2 aromatic rings. The molecule has 1 aromatic carbocycles. The van der Waals surface area contributed by atoms with Gasteiger partial charge >= 0.3 is 0 Å². The average molecular weight is 264 g/mol. The van der Waals surface area contributed by atoms with Crippen LogP contribution < -0.4 is 10.1 Å². The Kier molecular flexibility index (Phi) is 4.16. The van der Waals surface area contributed by atoms with Crippen LogP contribution >= 0.6 is 0 Å². The molecule has 0 aliphatic rings. The number of rotatable bonds is 5. The van der Waals surface area contributed by atoms with E-state index in [4.69, 9.17) is 9.26 Å². The Labute approximate surface area is 111 Å². The minimum atomic E-state index is -0.390. The van der Waals surface area contributed by atoms with Gasteiger partial charge in [-0.15, -0.1) is 0 Å². The Morgan fingerprint density at radius 2 is 2.21 bits per heavy atom. The molecule has 2 rings (SSSR count). The Morgan fingerprint density at radius 1 is 1.42 bits per heavy atom. The van der Waals surface area contributed by atoms with Gasteiger partial charge in [-0.25, -0.2) is 4.39 Å². The highest BCUT2D eigenvalue weighted by molar-refractivity contribution is 5.66. The summed E-state index contributed by atoms with van der Waals surface area (Å²) in [4.78, 5) is 0. The second kappa shape index (κ2) is 5.84. The normalized spacial score (nSPS) is 11.0. The maximum Gasteiger partial charge on any atom is 0.173 e. The quantitative estimate of drug-likeness (QED) is 0.901. The first kappa shape index (κ1) is 13.5. The van der Waals surface area contributed by atoms with Crippen LogP contribution in [-0.4, -0.2) is 18.3 Å². The zero-order chi connectivity index (χ0) is 13.8. The van der Waals surface area contributed by atoms with E-state index in [2.05, 4.69) is 10.5 Å². The van der Waals surface area contributed by atoms with E-state index < -0.39 is 0 Å². The molecule has 0 aliphatic heterocycles. The Morgan fingerprint density at radius 3 is 2.89 bits per heavy atom. The van der Waals surface area contributed by atoms with Gasteiger partial charge < -0.3 is 14.6 Å². The highest BCUT2D eigenvalue weighted by Crippen LogP contribution is 2.32. The standard InChI is InChI=1S/C14H17FN2O2/c1-9(2)16-8-10-7-13(19-17-10)14-11(15)5-4-6-12(14)18-3/h4-7,9,16H,8H2,1-3H3. The number of nitrogens with zero attached hydrogens (tertiary/aromatic N) is 1. The van der Waals surface area contributed by atoms with Crippen molar-refractivity contribution in [1.82, 2.24) is 10.5 Å². The number of nitrogens with one attached hydrogen (secondary N) is 1. The van der Waals surface area contributed by atoms with E-state index in [0.717, 1.165) is 5.69 Å². The number of benzene rings is 1. The molecule has 0 bridgehead atoms. The van der Waals surface area contributed by atoms with Crippen molar-refractivity contribution in [2.75, 3.05) is 7.11 Å². The monoisotopic (exact) mass is 264 g/mol. The van der Waals surface area contributed by atoms with E-state index in [9.17, 15) is 4.39 Å². The number of ether oxygens (including phenoxy) is 1. The zero-order valence-corrected chi connectivity index (χ0v) is 11.2. The van der Waals surface area contributed by atoms with Crippen LogP contribution in [0.1, 0.15) is 19.5 Å². The van der Waals surface area contributed by atoms with E-state index >= 15 is 0 Å². The largest absolute Gasteiger partial charge is 0.496 e. The van der Waals surface area contributed by atoms with Gasteiger partial charge in [-0.05, 0) is 12.1 Å². The van der Waals surface area contributed by atoms with Crippen LogP contribution in [0.4, 0.5) is 4.39 Å². The molecule has 0 spiro atoms. The maximum atomic E-state index is 13.9. The predicted octanol–water partition coefficient (Wildman–Crippen LogP) is 2.99. The second-order valence-corrected chi connectivity index (χ2v) is 4.54. The smallest absolute Gasteiger partial charge is 0.173 e. The summed E-state index contributed by atoms with van der Waals surface area (Å²) in [5.41, 5.74) is 1.03. The fourth-order valence-corrected chi connectivity index (χ4v) is 1.74. The molecule has 19 heavy (non-hydrogen) atoms. The molecule has 0 saturated carbocycles. The number of halogens is 1. The molecule has 0 radical (unpaired) electrons. The van der Waals surface area contributed by atoms with E-state index in [1.54, 1.807) is 18.2 Å². The average Bonchev–Trinajstić information content (AvgIpc) is 2.84. The summed E-state index contributed by atoms with van der Waals surface area (Å²) in [5.74, 6) is 0.411. The van der Waals surface area contributed by atoms with Crippen LogP contribution in [0.2, 0.25) is 0 Å². The molecule has 4 nitrogen and oxygen atoms in total. The minimum Gasteiger partial charge on any atom is -0.496 e. The van der Waals surface area contributed by atoms with E-state index in [1.807, 2.05) is 13.8 Å². The molecule has 0 aliphatic carbocycles. The van der Waals surface area contributed by atoms with E-state index in [-0.39, 0.29) is 5.82 Å². The van der Waals surface area contributed by atoms with Gasteiger partial charge in [0.2, 0.25) is 0 Å². The van der Waals surface area contributed by atoms with Crippen LogP contribution in [-0.2, 0) is 6.54 Å². The Balaban J connectivity index is 2.28. The van der Waals surface area contributed by atoms with Gasteiger partial charge in [-0.2, -0.15) is 0 Å². The van der Waals surface area contributed by atoms with Gasteiger partial charge in [-0.1, -0.05) is 25.1 Å². The Hall–Kier alpha value is -1.88. The number of methoxy groups -OCH3 is 1. The van der Waals surface area contributed by atoms with Gasteiger partial charge in [0.25, 0.3) is 0 Å². The molecular weight excluding hydrogens is 247 g/mol. The van der Waals surface area contributed by atoms with Crippen molar-refractivity contribution in [1.29, 1.82) is 0 Å². The molecule has 1 heterocycles. The molecule has 1 N–H and O–H groups in total. The molecule has 0 saturated heterocycles. The first-order chi connectivity index (χ1) is 9.11. The van der Waals surface area contributed by atoms with Gasteiger partial charge in [0, 0.05) is 18.7 Å². The maximum absolute atomic E-state index is 13.9. The SMILES string of the molecule is COc1cccc(F)c1-c1cc(CNC(C)C)no1. The van der Waals surface area contributed by atoms with Crippen LogP contribution in [0.25, 0.3) is 11.3 Å². The lowest BCUT2D eigenvalue weighted by atomic mass is 10.1. The minimum absolute atomic E-state index is 0.299. The summed E-state index contributed by atoms with van der Waals surface area (Å²) >= 11 is 0. The first-order valence-electron chi connectivity index (χ1n) is 6.13. The lowest BCUT2D eigenvalue weighted by Gasteiger charge is -2.05. The topological polar surface area (TPSA) is 47.3 Å². The van der Waals surface area contributed by atoms with E-state index in [1.165, 1.54) is 13.2 Å². The fraction of sp³-hybridized carbons (Fsp3) is 0.357. The van der Waals surface area contributed by atoms with Crippen molar-refractivity contribution < 1.29 is 13.7 Å². The third-order valence-electron chi connectivity index (χ3n) is 2.69. The molecule has 5 heteroatoms. The van der Waals surface area contributed by atoms with Gasteiger partial charge in [0.15, 0.2) is 5.76 Å². The summed E-state index contributed by atoms with van der Waals surface area (Å²) in [7, 11) is 1.50. The summed E-state index contributed by atoms with van der Waals surface area (Å²) in [6.07, 6.45) is 0. The lowest BCUT2D eigenvalue weighted by molar-refractivity contribution is 0.397. The fourth-order valence-electron chi connectivity index (χ4n) is 1.74. The van der Waals surface area contributed by atoms with Gasteiger partial charge in [-0.3, -0.25) is 0 Å². The molecule has 0 amide bonds. The predicted molar refractivity (Wildman–Crippen MR) is 70.4 cm³/mol. The van der Waals surface area contributed by atoms with Crippen LogP contribution in [0.15, 0.2) is 28.8 Å². The van der Waals surface area contributed by atoms with Gasteiger partial charge in [0.05, 0.1) is 18.4 Å². The van der Waals surface area contributed by atoms with Crippen LogP contribution in [0, 0.1) is 5.82 Å².